The second-order valence-corrected chi connectivity index (χ2v) is 8.27. The fourth-order valence-corrected chi connectivity index (χ4v) is 5.29. The van der Waals surface area contributed by atoms with E-state index in [4.69, 9.17) is 4.74 Å². The van der Waals surface area contributed by atoms with E-state index in [9.17, 15) is 5.11 Å². The standard InChI is InChI=1S/C24H31NO2/c1-25-16-15-23-12-5-6-13-24(23,26)14-11-20-9-10-21(17-22(20)23)27-18-19-7-3-2-4-8-19/h2-4,7-10,17,25-26H,5-6,11-16,18H2,1H3/t23-,24+/m1/s1. The van der Waals surface area contributed by atoms with Crippen LogP contribution in [0.2, 0.25) is 0 Å². The minimum Gasteiger partial charge on any atom is -0.489 e. The van der Waals surface area contributed by atoms with E-state index in [1.807, 2.05) is 25.2 Å². The van der Waals surface area contributed by atoms with Crippen LogP contribution in [0.3, 0.4) is 0 Å². The molecule has 27 heavy (non-hydrogen) atoms. The Morgan fingerprint density at radius 1 is 1.04 bits per heavy atom. The number of ether oxygens (including phenoxy) is 1. The Hall–Kier alpha value is -1.84. The zero-order valence-corrected chi connectivity index (χ0v) is 16.3. The number of fused-ring (bicyclic) bond motifs is 3. The van der Waals surface area contributed by atoms with Crippen molar-refractivity contribution in [1.82, 2.24) is 5.32 Å². The van der Waals surface area contributed by atoms with Crippen LogP contribution in [0.5, 0.6) is 5.75 Å². The predicted octanol–water partition coefficient (Wildman–Crippen LogP) is 4.36. The fourth-order valence-electron chi connectivity index (χ4n) is 5.29. The SMILES string of the molecule is CNCC[C@@]12CCCC[C@]1(O)CCc1ccc(OCc3ccccc3)cc12. The van der Waals surface area contributed by atoms with Crippen LogP contribution in [-0.2, 0) is 18.4 Å². The first-order chi connectivity index (χ1) is 13.2. The van der Waals surface area contributed by atoms with Gasteiger partial charge in [-0.15, -0.1) is 0 Å². The van der Waals surface area contributed by atoms with E-state index >= 15 is 0 Å². The molecule has 1 fully saturated rings. The summed E-state index contributed by atoms with van der Waals surface area (Å²) in [4.78, 5) is 0. The monoisotopic (exact) mass is 365 g/mol. The van der Waals surface area contributed by atoms with Crippen LogP contribution in [0.4, 0.5) is 0 Å². The van der Waals surface area contributed by atoms with Gasteiger partial charge in [0.2, 0.25) is 0 Å². The van der Waals surface area contributed by atoms with Gasteiger partial charge in [-0.3, -0.25) is 0 Å². The lowest BCUT2D eigenvalue weighted by Crippen LogP contribution is -2.57. The lowest BCUT2D eigenvalue weighted by Gasteiger charge is -2.55. The zero-order chi connectivity index (χ0) is 18.7. The molecule has 0 bridgehead atoms. The summed E-state index contributed by atoms with van der Waals surface area (Å²) in [6.07, 6.45) is 7.15. The normalized spacial score (nSPS) is 26.9. The minimum absolute atomic E-state index is 0.145. The number of hydrogen-bond acceptors (Lipinski definition) is 3. The van der Waals surface area contributed by atoms with Gasteiger partial charge in [0.15, 0.2) is 0 Å². The summed E-state index contributed by atoms with van der Waals surface area (Å²) in [6.45, 7) is 1.50. The molecule has 2 N–H and O–H groups in total. The summed E-state index contributed by atoms with van der Waals surface area (Å²) in [5, 5.41) is 15.0. The van der Waals surface area contributed by atoms with Gasteiger partial charge in [0.25, 0.3) is 0 Å². The second kappa shape index (κ2) is 7.65. The van der Waals surface area contributed by atoms with Gasteiger partial charge in [0.05, 0.1) is 5.60 Å². The van der Waals surface area contributed by atoms with Crippen molar-refractivity contribution in [3.05, 3.63) is 65.2 Å². The highest BCUT2D eigenvalue weighted by Crippen LogP contribution is 2.55. The molecule has 0 spiro atoms. The van der Waals surface area contributed by atoms with Gasteiger partial charge >= 0.3 is 0 Å². The van der Waals surface area contributed by atoms with Gasteiger partial charge in [-0.1, -0.05) is 49.2 Å². The molecule has 0 radical (unpaired) electrons. The van der Waals surface area contributed by atoms with Crippen molar-refractivity contribution in [2.24, 2.45) is 0 Å². The number of aliphatic hydroxyl groups is 1. The Morgan fingerprint density at radius 3 is 2.67 bits per heavy atom. The van der Waals surface area contributed by atoms with Crippen LogP contribution < -0.4 is 10.1 Å². The molecule has 2 atom stereocenters. The molecule has 2 aromatic rings. The quantitative estimate of drug-likeness (QED) is 0.799. The highest BCUT2D eigenvalue weighted by atomic mass is 16.5. The van der Waals surface area contributed by atoms with E-state index in [-0.39, 0.29) is 5.41 Å². The van der Waals surface area contributed by atoms with Crippen molar-refractivity contribution < 1.29 is 9.84 Å². The molecular formula is C24H31NO2. The number of rotatable bonds is 6. The lowest BCUT2D eigenvalue weighted by molar-refractivity contribution is -0.0868. The largest absolute Gasteiger partial charge is 0.489 e. The second-order valence-electron chi connectivity index (χ2n) is 8.27. The van der Waals surface area contributed by atoms with Crippen molar-refractivity contribution >= 4 is 0 Å². The van der Waals surface area contributed by atoms with Crippen LogP contribution in [0.1, 0.15) is 55.2 Å². The summed E-state index contributed by atoms with van der Waals surface area (Å²) in [7, 11) is 2.00. The molecule has 2 aliphatic rings. The highest BCUT2D eigenvalue weighted by molar-refractivity contribution is 5.46. The van der Waals surface area contributed by atoms with Crippen molar-refractivity contribution in [2.45, 2.75) is 62.6 Å². The molecule has 0 aromatic heterocycles. The van der Waals surface area contributed by atoms with Gasteiger partial charge in [-0.2, -0.15) is 0 Å². The van der Waals surface area contributed by atoms with Crippen LogP contribution in [0, 0.1) is 0 Å². The lowest BCUT2D eigenvalue weighted by atomic mass is 9.53. The summed E-state index contributed by atoms with van der Waals surface area (Å²) in [5.41, 5.74) is 3.18. The average Bonchev–Trinajstić information content (AvgIpc) is 2.71. The topological polar surface area (TPSA) is 41.5 Å². The van der Waals surface area contributed by atoms with Crippen molar-refractivity contribution in [3.8, 4) is 5.75 Å². The maximum atomic E-state index is 11.6. The highest BCUT2D eigenvalue weighted by Gasteiger charge is 2.54. The van der Waals surface area contributed by atoms with Gasteiger partial charge in [-0.25, -0.2) is 0 Å². The first-order valence-electron chi connectivity index (χ1n) is 10.3. The molecule has 144 valence electrons. The summed E-state index contributed by atoms with van der Waals surface area (Å²) < 4.78 is 6.12. The molecule has 0 aliphatic heterocycles. The average molecular weight is 366 g/mol. The maximum absolute atomic E-state index is 11.6. The molecule has 0 saturated heterocycles. The third kappa shape index (κ3) is 3.39. The van der Waals surface area contributed by atoms with Crippen LogP contribution in [0.15, 0.2) is 48.5 Å². The smallest absolute Gasteiger partial charge is 0.120 e. The Balaban J connectivity index is 1.66. The molecule has 3 heteroatoms. The number of benzene rings is 2. The van der Waals surface area contributed by atoms with E-state index in [2.05, 4.69) is 35.6 Å². The molecule has 2 aliphatic carbocycles. The van der Waals surface area contributed by atoms with Gasteiger partial charge in [0, 0.05) is 5.41 Å². The van der Waals surface area contributed by atoms with E-state index in [1.165, 1.54) is 23.1 Å². The number of nitrogens with one attached hydrogen (secondary N) is 1. The fraction of sp³-hybridized carbons (Fsp3) is 0.500. The Bertz CT molecular complexity index is 775. The molecule has 0 unspecified atom stereocenters. The van der Waals surface area contributed by atoms with Crippen LogP contribution in [0.25, 0.3) is 0 Å². The third-order valence-electron chi connectivity index (χ3n) is 6.79. The molecule has 2 aromatic carbocycles. The van der Waals surface area contributed by atoms with E-state index < -0.39 is 5.60 Å². The van der Waals surface area contributed by atoms with Crippen molar-refractivity contribution in [1.29, 1.82) is 0 Å². The minimum atomic E-state index is -0.576. The molecule has 1 saturated carbocycles. The Labute approximate surface area is 162 Å². The third-order valence-corrected chi connectivity index (χ3v) is 6.79. The zero-order valence-electron chi connectivity index (χ0n) is 16.3. The van der Waals surface area contributed by atoms with Crippen molar-refractivity contribution in [2.75, 3.05) is 13.6 Å². The van der Waals surface area contributed by atoms with Crippen LogP contribution in [-0.4, -0.2) is 24.3 Å². The van der Waals surface area contributed by atoms with Gasteiger partial charge in [0.1, 0.15) is 12.4 Å². The molecule has 0 amide bonds. The number of hydrogen-bond donors (Lipinski definition) is 2. The molecule has 3 nitrogen and oxygen atoms in total. The molecule has 4 rings (SSSR count). The summed E-state index contributed by atoms with van der Waals surface area (Å²) >= 11 is 0. The van der Waals surface area contributed by atoms with Gasteiger partial charge in [-0.05, 0) is 74.5 Å². The predicted molar refractivity (Wildman–Crippen MR) is 109 cm³/mol. The van der Waals surface area contributed by atoms with Crippen molar-refractivity contribution in [3.63, 3.8) is 0 Å². The summed E-state index contributed by atoms with van der Waals surface area (Å²) in [5.74, 6) is 0.913. The maximum Gasteiger partial charge on any atom is 0.120 e. The Kier molecular flexibility index (Phi) is 5.25. The molecular weight excluding hydrogens is 334 g/mol. The van der Waals surface area contributed by atoms with E-state index in [0.717, 1.165) is 50.8 Å². The van der Waals surface area contributed by atoms with E-state index in [1.54, 1.807) is 0 Å². The number of aryl methyl sites for hydroxylation is 1. The van der Waals surface area contributed by atoms with E-state index in [0.29, 0.717) is 6.61 Å². The Morgan fingerprint density at radius 2 is 1.85 bits per heavy atom. The summed E-state index contributed by atoms with van der Waals surface area (Å²) in [6, 6.07) is 16.8. The van der Waals surface area contributed by atoms with Gasteiger partial charge < -0.3 is 15.2 Å². The first-order valence-corrected chi connectivity index (χ1v) is 10.3. The first kappa shape index (κ1) is 18.5. The molecule has 0 heterocycles. The van der Waals surface area contributed by atoms with Crippen LogP contribution >= 0.6 is 0 Å².